The van der Waals surface area contributed by atoms with E-state index in [0.717, 1.165) is 16.7 Å². The van der Waals surface area contributed by atoms with E-state index in [2.05, 4.69) is 20.5 Å². The number of pyridine rings is 1. The standard InChI is InChI=1S/C13H14N6O/c1-9-11-6-10(7-14-13(11)18(2)17-9)16-12(20)8-19-5-3-4-15-19/h3-7H,8H2,1-2H3,(H,16,20). The van der Waals surface area contributed by atoms with E-state index in [9.17, 15) is 4.79 Å². The summed E-state index contributed by atoms with van der Waals surface area (Å²) in [5.74, 6) is -0.142. The summed E-state index contributed by atoms with van der Waals surface area (Å²) in [4.78, 5) is 16.2. The molecule has 0 bridgehead atoms. The normalized spacial score (nSPS) is 10.9. The Hall–Kier alpha value is -2.70. The number of aromatic nitrogens is 5. The topological polar surface area (TPSA) is 77.6 Å². The third-order valence-corrected chi connectivity index (χ3v) is 3.01. The van der Waals surface area contributed by atoms with Crippen molar-refractivity contribution in [3.8, 4) is 0 Å². The van der Waals surface area contributed by atoms with Crippen LogP contribution in [0.2, 0.25) is 0 Å². The lowest BCUT2D eigenvalue weighted by Crippen LogP contribution is -2.19. The summed E-state index contributed by atoms with van der Waals surface area (Å²) in [6, 6.07) is 3.66. The van der Waals surface area contributed by atoms with Crippen molar-refractivity contribution in [3.05, 3.63) is 36.4 Å². The van der Waals surface area contributed by atoms with Gasteiger partial charge in [-0.05, 0) is 19.1 Å². The van der Waals surface area contributed by atoms with Crippen LogP contribution >= 0.6 is 0 Å². The number of amides is 1. The molecule has 1 N–H and O–H groups in total. The van der Waals surface area contributed by atoms with Crippen molar-refractivity contribution < 1.29 is 4.79 Å². The highest BCUT2D eigenvalue weighted by molar-refractivity contribution is 5.92. The predicted molar refractivity (Wildman–Crippen MR) is 74.1 cm³/mol. The first-order valence-corrected chi connectivity index (χ1v) is 6.20. The van der Waals surface area contributed by atoms with Crippen LogP contribution in [0.1, 0.15) is 5.69 Å². The maximum atomic E-state index is 11.9. The third kappa shape index (κ3) is 2.25. The van der Waals surface area contributed by atoms with Crippen LogP contribution in [-0.4, -0.2) is 30.5 Å². The summed E-state index contributed by atoms with van der Waals surface area (Å²) in [7, 11) is 1.85. The van der Waals surface area contributed by atoms with Crippen LogP contribution in [-0.2, 0) is 18.4 Å². The molecule has 3 aromatic rings. The van der Waals surface area contributed by atoms with Gasteiger partial charge in [-0.3, -0.25) is 14.2 Å². The van der Waals surface area contributed by atoms with Gasteiger partial charge in [0.25, 0.3) is 0 Å². The summed E-state index contributed by atoms with van der Waals surface area (Å²) in [6.07, 6.45) is 5.01. The Labute approximate surface area is 115 Å². The van der Waals surface area contributed by atoms with Gasteiger partial charge in [0.15, 0.2) is 5.65 Å². The van der Waals surface area contributed by atoms with Gasteiger partial charge >= 0.3 is 0 Å². The summed E-state index contributed by atoms with van der Waals surface area (Å²) >= 11 is 0. The van der Waals surface area contributed by atoms with E-state index in [4.69, 9.17) is 0 Å². The zero-order valence-corrected chi connectivity index (χ0v) is 11.2. The predicted octanol–water partition coefficient (Wildman–Crippen LogP) is 1.11. The Bertz CT molecular complexity index is 759. The highest BCUT2D eigenvalue weighted by Crippen LogP contribution is 2.19. The van der Waals surface area contributed by atoms with E-state index in [1.165, 1.54) is 0 Å². The molecule has 0 fully saturated rings. The first-order valence-electron chi connectivity index (χ1n) is 6.20. The number of carbonyl (C=O) groups excluding carboxylic acids is 1. The van der Waals surface area contributed by atoms with Crippen LogP contribution in [0.15, 0.2) is 30.7 Å². The van der Waals surface area contributed by atoms with Crippen molar-refractivity contribution in [1.82, 2.24) is 24.5 Å². The van der Waals surface area contributed by atoms with E-state index >= 15 is 0 Å². The zero-order chi connectivity index (χ0) is 14.1. The highest BCUT2D eigenvalue weighted by atomic mass is 16.2. The van der Waals surface area contributed by atoms with Crippen molar-refractivity contribution in [1.29, 1.82) is 0 Å². The van der Waals surface area contributed by atoms with Gasteiger partial charge in [0, 0.05) is 24.8 Å². The SMILES string of the molecule is Cc1nn(C)c2ncc(NC(=O)Cn3cccn3)cc12. The van der Waals surface area contributed by atoms with Crippen LogP contribution in [0.3, 0.4) is 0 Å². The molecule has 0 atom stereocenters. The van der Waals surface area contributed by atoms with Gasteiger partial charge in [-0.2, -0.15) is 10.2 Å². The molecular weight excluding hydrogens is 256 g/mol. The Morgan fingerprint density at radius 3 is 3.05 bits per heavy atom. The molecule has 0 saturated heterocycles. The molecule has 20 heavy (non-hydrogen) atoms. The van der Waals surface area contributed by atoms with Crippen molar-refractivity contribution in [2.45, 2.75) is 13.5 Å². The minimum atomic E-state index is -0.142. The van der Waals surface area contributed by atoms with E-state index in [0.29, 0.717) is 5.69 Å². The lowest BCUT2D eigenvalue weighted by atomic mass is 10.2. The van der Waals surface area contributed by atoms with E-state index in [-0.39, 0.29) is 12.5 Å². The molecule has 3 heterocycles. The van der Waals surface area contributed by atoms with Crippen LogP contribution in [0.25, 0.3) is 11.0 Å². The Morgan fingerprint density at radius 2 is 2.30 bits per heavy atom. The van der Waals surface area contributed by atoms with Crippen molar-refractivity contribution in [3.63, 3.8) is 0 Å². The van der Waals surface area contributed by atoms with Gasteiger partial charge in [0.1, 0.15) is 6.54 Å². The molecule has 0 aromatic carbocycles. The number of carbonyl (C=O) groups is 1. The molecule has 7 nitrogen and oxygen atoms in total. The summed E-state index contributed by atoms with van der Waals surface area (Å²) in [5, 5.41) is 12.0. The van der Waals surface area contributed by atoms with Gasteiger partial charge in [-0.15, -0.1) is 0 Å². The Morgan fingerprint density at radius 1 is 1.45 bits per heavy atom. The average molecular weight is 270 g/mol. The van der Waals surface area contributed by atoms with Gasteiger partial charge < -0.3 is 5.32 Å². The van der Waals surface area contributed by atoms with Gasteiger partial charge in [-0.25, -0.2) is 4.98 Å². The molecule has 102 valence electrons. The first kappa shape index (κ1) is 12.3. The number of nitrogens with zero attached hydrogens (tertiary/aromatic N) is 5. The van der Waals surface area contributed by atoms with Crippen molar-refractivity contribution in [2.24, 2.45) is 7.05 Å². The number of hydrogen-bond donors (Lipinski definition) is 1. The number of rotatable bonds is 3. The minimum Gasteiger partial charge on any atom is -0.323 e. The monoisotopic (exact) mass is 270 g/mol. The molecule has 0 unspecified atom stereocenters. The smallest absolute Gasteiger partial charge is 0.246 e. The van der Waals surface area contributed by atoms with Crippen molar-refractivity contribution >= 4 is 22.6 Å². The molecule has 0 aliphatic carbocycles. The second-order valence-electron chi connectivity index (χ2n) is 4.56. The second-order valence-corrected chi connectivity index (χ2v) is 4.56. The lowest BCUT2D eigenvalue weighted by Gasteiger charge is -2.05. The van der Waals surface area contributed by atoms with Crippen LogP contribution in [0.4, 0.5) is 5.69 Å². The van der Waals surface area contributed by atoms with E-state index < -0.39 is 0 Å². The van der Waals surface area contributed by atoms with Gasteiger partial charge in [0.05, 0.1) is 17.6 Å². The molecular formula is C13H14N6O. The molecule has 7 heteroatoms. The van der Waals surface area contributed by atoms with Crippen molar-refractivity contribution in [2.75, 3.05) is 5.32 Å². The average Bonchev–Trinajstić information content (AvgIpc) is 2.99. The number of nitrogens with one attached hydrogen (secondary N) is 1. The molecule has 1 amide bonds. The van der Waals surface area contributed by atoms with Gasteiger partial charge in [0.2, 0.25) is 5.91 Å². The number of aryl methyl sites for hydroxylation is 2. The molecule has 0 aliphatic rings. The largest absolute Gasteiger partial charge is 0.323 e. The molecule has 0 saturated carbocycles. The summed E-state index contributed by atoms with van der Waals surface area (Å²) < 4.78 is 3.29. The van der Waals surface area contributed by atoms with Crippen LogP contribution in [0, 0.1) is 6.92 Å². The van der Waals surface area contributed by atoms with Gasteiger partial charge in [-0.1, -0.05) is 0 Å². The fourth-order valence-electron chi connectivity index (χ4n) is 2.12. The fraction of sp³-hybridized carbons (Fsp3) is 0.231. The lowest BCUT2D eigenvalue weighted by molar-refractivity contribution is -0.116. The maximum absolute atomic E-state index is 11.9. The summed E-state index contributed by atoms with van der Waals surface area (Å²) in [5.41, 5.74) is 2.34. The zero-order valence-electron chi connectivity index (χ0n) is 11.2. The number of fused-ring (bicyclic) bond motifs is 1. The highest BCUT2D eigenvalue weighted by Gasteiger charge is 2.09. The Kier molecular flexibility index (Phi) is 2.94. The summed E-state index contributed by atoms with van der Waals surface area (Å²) in [6.45, 7) is 2.09. The number of hydrogen-bond acceptors (Lipinski definition) is 4. The van der Waals surface area contributed by atoms with E-state index in [1.807, 2.05) is 20.0 Å². The maximum Gasteiger partial charge on any atom is 0.246 e. The van der Waals surface area contributed by atoms with Crippen LogP contribution in [0.5, 0.6) is 0 Å². The fourth-order valence-corrected chi connectivity index (χ4v) is 2.12. The molecule has 0 aliphatic heterocycles. The molecule has 3 rings (SSSR count). The molecule has 3 aromatic heterocycles. The third-order valence-electron chi connectivity index (χ3n) is 3.01. The van der Waals surface area contributed by atoms with Crippen LogP contribution < -0.4 is 5.32 Å². The minimum absolute atomic E-state index is 0.142. The van der Waals surface area contributed by atoms with E-state index in [1.54, 1.807) is 34.0 Å². The quantitative estimate of drug-likeness (QED) is 0.773. The second kappa shape index (κ2) is 4.76. The molecule has 0 spiro atoms. The molecule has 0 radical (unpaired) electrons. The first-order chi connectivity index (χ1) is 9.63. The Balaban J connectivity index is 1.80. The number of anilines is 1.